The highest BCUT2D eigenvalue weighted by Crippen LogP contribution is 2.50. The van der Waals surface area contributed by atoms with Gasteiger partial charge in [0.2, 0.25) is 0 Å². The highest BCUT2D eigenvalue weighted by Gasteiger charge is 2.51. The van der Waals surface area contributed by atoms with E-state index in [4.69, 9.17) is 0 Å². The Bertz CT molecular complexity index is 379. The minimum absolute atomic E-state index is 0.106. The molecule has 1 heterocycles. The number of nitrogens with zero attached hydrogens (tertiary/aromatic N) is 1. The summed E-state index contributed by atoms with van der Waals surface area (Å²) in [6, 6.07) is 0.106. The molecule has 1 fully saturated rings. The van der Waals surface area contributed by atoms with E-state index >= 15 is 0 Å². The molecule has 20 heavy (non-hydrogen) atoms. The molecule has 0 aromatic carbocycles. The summed E-state index contributed by atoms with van der Waals surface area (Å²) >= 11 is 0. The molecule has 2 rings (SSSR count). The van der Waals surface area contributed by atoms with Crippen molar-refractivity contribution in [2.45, 2.75) is 59.4 Å². The van der Waals surface area contributed by atoms with E-state index in [-0.39, 0.29) is 17.9 Å². The number of rotatable bonds is 5. The largest absolute Gasteiger partial charge is 0.272 e. The van der Waals surface area contributed by atoms with E-state index in [1.165, 1.54) is 12.2 Å². The summed E-state index contributed by atoms with van der Waals surface area (Å²) in [6.07, 6.45) is 7.26. The number of carbonyl (C=O) groups is 2. The summed E-state index contributed by atoms with van der Waals surface area (Å²) in [4.78, 5) is 25.8. The molecule has 1 aliphatic heterocycles. The van der Waals surface area contributed by atoms with Crippen LogP contribution in [0.2, 0.25) is 0 Å². The van der Waals surface area contributed by atoms with E-state index in [0.717, 1.165) is 25.7 Å². The van der Waals surface area contributed by atoms with Gasteiger partial charge < -0.3 is 0 Å². The Morgan fingerprint density at radius 1 is 0.750 bits per heavy atom. The highest BCUT2D eigenvalue weighted by molar-refractivity contribution is 6.13. The molecular formula is C17H27NO2. The van der Waals surface area contributed by atoms with Crippen molar-refractivity contribution in [3.63, 3.8) is 0 Å². The van der Waals surface area contributed by atoms with Crippen molar-refractivity contribution in [3.8, 4) is 0 Å². The van der Waals surface area contributed by atoms with Crippen molar-refractivity contribution < 1.29 is 9.59 Å². The Morgan fingerprint density at radius 3 is 1.40 bits per heavy atom. The molecule has 0 spiro atoms. The van der Waals surface area contributed by atoms with Crippen LogP contribution in [0.3, 0.4) is 0 Å². The molecule has 3 heteroatoms. The summed E-state index contributed by atoms with van der Waals surface area (Å²) in [5.41, 5.74) is 0. The van der Waals surface area contributed by atoms with Crippen LogP contribution in [0.4, 0.5) is 0 Å². The molecule has 0 saturated heterocycles. The van der Waals surface area contributed by atoms with E-state index in [1.807, 2.05) is 0 Å². The lowest BCUT2D eigenvalue weighted by Gasteiger charge is -2.33. The van der Waals surface area contributed by atoms with E-state index < -0.39 is 0 Å². The van der Waals surface area contributed by atoms with Crippen molar-refractivity contribution in [3.05, 3.63) is 12.2 Å². The fourth-order valence-corrected chi connectivity index (χ4v) is 4.85. The minimum atomic E-state index is -0.108. The highest BCUT2D eigenvalue weighted by atomic mass is 16.2. The van der Waals surface area contributed by atoms with Crippen LogP contribution in [0, 0.1) is 23.7 Å². The van der Waals surface area contributed by atoms with Crippen molar-refractivity contribution in [2.24, 2.45) is 23.7 Å². The van der Waals surface area contributed by atoms with Gasteiger partial charge in [-0.15, -0.1) is 0 Å². The summed E-state index contributed by atoms with van der Waals surface area (Å²) in [5.74, 6) is 1.99. The smallest absolute Gasteiger partial charge is 0.253 e. The molecule has 0 aromatic heterocycles. The third-order valence-electron chi connectivity index (χ3n) is 5.55. The first-order chi connectivity index (χ1) is 9.60. The average molecular weight is 277 g/mol. The van der Waals surface area contributed by atoms with Gasteiger partial charge in [-0.2, -0.15) is 0 Å². The number of imide groups is 1. The number of hydrogen-bond acceptors (Lipinski definition) is 2. The third-order valence-corrected chi connectivity index (χ3v) is 5.55. The Labute approximate surface area is 122 Å². The topological polar surface area (TPSA) is 37.4 Å². The Morgan fingerprint density at radius 2 is 1.10 bits per heavy atom. The fourth-order valence-electron chi connectivity index (χ4n) is 4.85. The monoisotopic (exact) mass is 277 g/mol. The molecule has 112 valence electrons. The van der Waals surface area contributed by atoms with Crippen LogP contribution in [-0.4, -0.2) is 22.8 Å². The predicted octanol–water partition coefficient (Wildman–Crippen LogP) is 3.40. The molecule has 0 N–H and O–H groups in total. The summed E-state index contributed by atoms with van der Waals surface area (Å²) in [5, 5.41) is 0. The second-order valence-corrected chi connectivity index (χ2v) is 6.16. The molecular weight excluding hydrogens is 250 g/mol. The van der Waals surface area contributed by atoms with Crippen molar-refractivity contribution >= 4 is 11.8 Å². The second-order valence-electron chi connectivity index (χ2n) is 6.16. The maximum atomic E-state index is 12.1. The molecule has 0 unspecified atom stereocenters. The van der Waals surface area contributed by atoms with Crippen molar-refractivity contribution in [1.29, 1.82) is 0 Å². The second kappa shape index (κ2) is 6.11. The fraction of sp³-hybridized carbons (Fsp3) is 0.765. The molecule has 2 amide bonds. The molecule has 2 aliphatic rings. The third kappa shape index (κ3) is 2.21. The lowest BCUT2D eigenvalue weighted by Crippen LogP contribution is -2.46. The predicted molar refractivity (Wildman–Crippen MR) is 79.9 cm³/mol. The first-order valence-corrected chi connectivity index (χ1v) is 8.15. The van der Waals surface area contributed by atoms with Gasteiger partial charge in [0.25, 0.3) is 11.8 Å². The zero-order valence-electron chi connectivity index (χ0n) is 13.1. The van der Waals surface area contributed by atoms with Crippen LogP contribution in [0.1, 0.15) is 53.4 Å². The molecule has 0 bridgehead atoms. The van der Waals surface area contributed by atoms with Crippen molar-refractivity contribution in [2.75, 3.05) is 0 Å². The maximum absolute atomic E-state index is 12.1. The normalized spacial score (nSPS) is 37.2. The zero-order chi connectivity index (χ0) is 14.9. The van der Waals surface area contributed by atoms with E-state index in [1.54, 1.807) is 4.90 Å². The molecule has 0 aromatic rings. The zero-order valence-corrected chi connectivity index (χ0v) is 13.1. The van der Waals surface area contributed by atoms with Crippen LogP contribution in [-0.2, 0) is 9.59 Å². The SMILES string of the molecule is CC[C@@H]1[C@@H](CC)[C@@H](CC)C(N2C(=O)C=CC2=O)[C@@H]1CC. The van der Waals surface area contributed by atoms with Gasteiger partial charge in [0.1, 0.15) is 0 Å². The van der Waals surface area contributed by atoms with Crippen LogP contribution in [0.5, 0.6) is 0 Å². The van der Waals surface area contributed by atoms with E-state index in [9.17, 15) is 9.59 Å². The van der Waals surface area contributed by atoms with Gasteiger partial charge >= 0.3 is 0 Å². The van der Waals surface area contributed by atoms with Crippen LogP contribution >= 0.6 is 0 Å². The van der Waals surface area contributed by atoms with Gasteiger partial charge in [-0.1, -0.05) is 53.4 Å². The van der Waals surface area contributed by atoms with Gasteiger partial charge in [0.15, 0.2) is 0 Å². The molecule has 1 saturated carbocycles. The van der Waals surface area contributed by atoms with Gasteiger partial charge in [0.05, 0.1) is 0 Å². The summed E-state index contributed by atoms with van der Waals surface area (Å²) in [7, 11) is 0. The van der Waals surface area contributed by atoms with Gasteiger partial charge in [-0.05, 0) is 23.7 Å². The van der Waals surface area contributed by atoms with Gasteiger partial charge in [0, 0.05) is 18.2 Å². The number of carbonyl (C=O) groups excluding carboxylic acids is 2. The first-order valence-electron chi connectivity index (χ1n) is 8.15. The van der Waals surface area contributed by atoms with E-state index in [2.05, 4.69) is 27.7 Å². The average Bonchev–Trinajstić information content (AvgIpc) is 2.94. The Hall–Kier alpha value is -1.12. The first kappa shape index (κ1) is 15.3. The van der Waals surface area contributed by atoms with Gasteiger partial charge in [-0.25, -0.2) is 0 Å². The number of amides is 2. The van der Waals surface area contributed by atoms with Crippen molar-refractivity contribution in [1.82, 2.24) is 4.90 Å². The standard InChI is InChI=1S/C17H27NO2/c1-5-11-12(6-2)14(8-4)17(13(11)7-3)18-15(19)9-10-16(18)20/h9-14,17H,5-8H2,1-4H3/t11-,12-,13-,14-/m1/s1. The molecule has 0 radical (unpaired) electrons. The van der Waals surface area contributed by atoms with Crippen LogP contribution < -0.4 is 0 Å². The van der Waals surface area contributed by atoms with Crippen LogP contribution in [0.25, 0.3) is 0 Å². The lowest BCUT2D eigenvalue weighted by molar-refractivity contribution is -0.141. The summed E-state index contributed by atoms with van der Waals surface area (Å²) in [6.45, 7) is 8.89. The molecule has 1 aliphatic carbocycles. The minimum Gasteiger partial charge on any atom is -0.272 e. The lowest BCUT2D eigenvalue weighted by atomic mass is 9.82. The summed E-state index contributed by atoms with van der Waals surface area (Å²) < 4.78 is 0. The Balaban J connectivity index is 2.37. The Kier molecular flexibility index (Phi) is 4.66. The quantitative estimate of drug-likeness (QED) is 0.722. The van der Waals surface area contributed by atoms with E-state index in [0.29, 0.717) is 23.7 Å². The molecule has 3 nitrogen and oxygen atoms in total. The van der Waals surface area contributed by atoms with Gasteiger partial charge in [-0.3, -0.25) is 14.5 Å². The maximum Gasteiger partial charge on any atom is 0.253 e. The van der Waals surface area contributed by atoms with Crippen LogP contribution in [0.15, 0.2) is 12.2 Å². The molecule has 4 atom stereocenters. The number of hydrogen-bond donors (Lipinski definition) is 0.